The van der Waals surface area contributed by atoms with Crippen LogP contribution in [0.5, 0.6) is 0 Å². The van der Waals surface area contributed by atoms with E-state index in [1.165, 1.54) is 5.75 Å². The highest BCUT2D eigenvalue weighted by molar-refractivity contribution is 7.99. The van der Waals surface area contributed by atoms with Gasteiger partial charge in [0.1, 0.15) is 0 Å². The molecule has 0 aliphatic carbocycles. The van der Waals surface area contributed by atoms with Crippen molar-refractivity contribution < 1.29 is 5.21 Å². The molecular formula is C13H20N4OS. The molecule has 1 fully saturated rings. The maximum atomic E-state index is 8.97. The smallest absolute Gasteiger partial charge is 0.174 e. The number of aromatic nitrogens is 1. The van der Waals surface area contributed by atoms with E-state index in [-0.39, 0.29) is 5.84 Å². The molecule has 2 heterocycles. The van der Waals surface area contributed by atoms with Crippen molar-refractivity contribution in [2.45, 2.75) is 20.3 Å². The fourth-order valence-electron chi connectivity index (χ4n) is 2.41. The molecule has 1 aliphatic heterocycles. The first-order chi connectivity index (χ1) is 9.13. The molecule has 1 aromatic heterocycles. The Labute approximate surface area is 117 Å². The van der Waals surface area contributed by atoms with Crippen molar-refractivity contribution in [2.24, 2.45) is 10.9 Å². The van der Waals surface area contributed by atoms with Gasteiger partial charge in [0.2, 0.25) is 0 Å². The number of nitrogens with zero attached hydrogens (tertiary/aromatic N) is 3. The minimum absolute atomic E-state index is 0.136. The maximum Gasteiger partial charge on any atom is 0.174 e. The Morgan fingerprint density at radius 2 is 2.21 bits per heavy atom. The van der Waals surface area contributed by atoms with E-state index in [2.05, 4.69) is 15.0 Å². The molecule has 3 N–H and O–H groups in total. The molecule has 19 heavy (non-hydrogen) atoms. The SMILES string of the molecule is Cc1cc(N2CCCSCC2)c(/C(N)=N/O)c(C)n1. The summed E-state index contributed by atoms with van der Waals surface area (Å²) in [5.41, 5.74) is 9.37. The number of hydrogen-bond acceptors (Lipinski definition) is 5. The number of anilines is 1. The number of oxime groups is 1. The first-order valence-electron chi connectivity index (χ1n) is 6.42. The zero-order valence-electron chi connectivity index (χ0n) is 11.4. The quantitative estimate of drug-likeness (QED) is 0.373. The van der Waals surface area contributed by atoms with Crippen LogP contribution in [-0.4, -0.2) is 40.6 Å². The second-order valence-corrected chi connectivity index (χ2v) is 5.91. The van der Waals surface area contributed by atoms with Crippen molar-refractivity contribution >= 4 is 23.3 Å². The molecule has 1 saturated heterocycles. The van der Waals surface area contributed by atoms with Gasteiger partial charge in [0.15, 0.2) is 5.84 Å². The Balaban J connectivity index is 2.47. The number of amidine groups is 1. The summed E-state index contributed by atoms with van der Waals surface area (Å²) in [5.74, 6) is 2.44. The van der Waals surface area contributed by atoms with Gasteiger partial charge in [0.05, 0.1) is 16.9 Å². The van der Waals surface area contributed by atoms with Gasteiger partial charge in [-0.2, -0.15) is 11.8 Å². The largest absolute Gasteiger partial charge is 0.409 e. The molecule has 1 aliphatic rings. The van der Waals surface area contributed by atoms with Gasteiger partial charge in [0.25, 0.3) is 0 Å². The van der Waals surface area contributed by atoms with Crippen LogP contribution in [0.15, 0.2) is 11.2 Å². The van der Waals surface area contributed by atoms with Crippen molar-refractivity contribution in [3.63, 3.8) is 0 Å². The van der Waals surface area contributed by atoms with Gasteiger partial charge in [-0.05, 0) is 32.1 Å². The molecule has 0 spiro atoms. The maximum absolute atomic E-state index is 8.97. The highest BCUT2D eigenvalue weighted by atomic mass is 32.2. The number of thioether (sulfide) groups is 1. The van der Waals surface area contributed by atoms with E-state index in [4.69, 9.17) is 10.9 Å². The first kappa shape index (κ1) is 14.0. The lowest BCUT2D eigenvalue weighted by atomic mass is 10.1. The lowest BCUT2D eigenvalue weighted by Gasteiger charge is -2.26. The lowest BCUT2D eigenvalue weighted by molar-refractivity contribution is 0.318. The summed E-state index contributed by atoms with van der Waals surface area (Å²) in [6.07, 6.45) is 1.15. The molecule has 0 radical (unpaired) electrons. The second kappa shape index (κ2) is 6.14. The number of rotatable bonds is 2. The molecule has 6 heteroatoms. The third-order valence-electron chi connectivity index (χ3n) is 3.23. The topological polar surface area (TPSA) is 74.7 Å². The molecule has 0 unspecified atom stereocenters. The van der Waals surface area contributed by atoms with E-state index >= 15 is 0 Å². The van der Waals surface area contributed by atoms with Gasteiger partial charge < -0.3 is 15.8 Å². The van der Waals surface area contributed by atoms with Crippen LogP contribution in [0.1, 0.15) is 23.4 Å². The van der Waals surface area contributed by atoms with E-state index in [1.54, 1.807) is 0 Å². The van der Waals surface area contributed by atoms with Crippen LogP contribution >= 0.6 is 11.8 Å². The van der Waals surface area contributed by atoms with Crippen LogP contribution in [-0.2, 0) is 0 Å². The standard InChI is InChI=1S/C13H20N4OS/c1-9-8-11(17-4-3-6-19-7-5-17)12(10(2)15-9)13(14)16-18/h8,18H,3-7H2,1-2H3,(H2,14,16). The molecule has 0 bridgehead atoms. The minimum Gasteiger partial charge on any atom is -0.409 e. The van der Waals surface area contributed by atoms with Crippen LogP contribution < -0.4 is 10.6 Å². The number of nitrogens with two attached hydrogens (primary N) is 1. The van der Waals surface area contributed by atoms with E-state index in [9.17, 15) is 0 Å². The number of hydrogen-bond donors (Lipinski definition) is 2. The van der Waals surface area contributed by atoms with Crippen molar-refractivity contribution in [3.8, 4) is 0 Å². The third-order valence-corrected chi connectivity index (χ3v) is 4.28. The van der Waals surface area contributed by atoms with Crippen LogP contribution in [0, 0.1) is 13.8 Å². The van der Waals surface area contributed by atoms with E-state index in [0.29, 0.717) is 0 Å². The normalized spacial score (nSPS) is 17.4. The molecular weight excluding hydrogens is 260 g/mol. The Morgan fingerprint density at radius 3 is 2.95 bits per heavy atom. The predicted molar refractivity (Wildman–Crippen MR) is 80.4 cm³/mol. The number of aryl methyl sites for hydroxylation is 2. The fraction of sp³-hybridized carbons (Fsp3) is 0.538. The van der Waals surface area contributed by atoms with E-state index in [0.717, 1.165) is 47.9 Å². The zero-order chi connectivity index (χ0) is 13.8. The monoisotopic (exact) mass is 280 g/mol. The zero-order valence-corrected chi connectivity index (χ0v) is 12.2. The van der Waals surface area contributed by atoms with Gasteiger partial charge in [-0.15, -0.1) is 0 Å². The first-order valence-corrected chi connectivity index (χ1v) is 7.57. The van der Waals surface area contributed by atoms with Crippen molar-refractivity contribution in [2.75, 3.05) is 29.5 Å². The van der Waals surface area contributed by atoms with Gasteiger partial charge in [-0.1, -0.05) is 5.16 Å². The lowest BCUT2D eigenvalue weighted by Crippen LogP contribution is -2.29. The Kier molecular flexibility index (Phi) is 4.52. The summed E-state index contributed by atoms with van der Waals surface area (Å²) in [4.78, 5) is 6.73. The summed E-state index contributed by atoms with van der Waals surface area (Å²) < 4.78 is 0. The van der Waals surface area contributed by atoms with Crippen LogP contribution in [0.2, 0.25) is 0 Å². The summed E-state index contributed by atoms with van der Waals surface area (Å²) in [6, 6.07) is 2.02. The molecule has 2 rings (SSSR count). The Morgan fingerprint density at radius 1 is 1.42 bits per heavy atom. The Hall–Kier alpha value is -1.43. The Bertz CT molecular complexity index is 482. The van der Waals surface area contributed by atoms with Crippen molar-refractivity contribution in [1.82, 2.24) is 4.98 Å². The molecule has 104 valence electrons. The van der Waals surface area contributed by atoms with E-state index < -0.39 is 0 Å². The molecule has 0 saturated carbocycles. The summed E-state index contributed by atoms with van der Waals surface area (Å²) in [6.45, 7) is 5.86. The van der Waals surface area contributed by atoms with Crippen molar-refractivity contribution in [1.29, 1.82) is 0 Å². The third kappa shape index (κ3) is 3.12. The summed E-state index contributed by atoms with van der Waals surface area (Å²) >= 11 is 1.97. The minimum atomic E-state index is 0.136. The van der Waals surface area contributed by atoms with Gasteiger partial charge in [-0.25, -0.2) is 0 Å². The predicted octanol–water partition coefficient (Wildman–Crippen LogP) is 1.74. The fourth-order valence-corrected chi connectivity index (χ4v) is 3.30. The molecule has 1 aromatic rings. The molecule has 5 nitrogen and oxygen atoms in total. The summed E-state index contributed by atoms with van der Waals surface area (Å²) in [5, 5.41) is 12.1. The van der Waals surface area contributed by atoms with Gasteiger partial charge >= 0.3 is 0 Å². The average molecular weight is 280 g/mol. The second-order valence-electron chi connectivity index (χ2n) is 4.68. The van der Waals surface area contributed by atoms with Crippen molar-refractivity contribution in [3.05, 3.63) is 23.0 Å². The van der Waals surface area contributed by atoms with E-state index in [1.807, 2.05) is 31.7 Å². The molecule has 0 aromatic carbocycles. The van der Waals surface area contributed by atoms with Crippen LogP contribution in [0.25, 0.3) is 0 Å². The van der Waals surface area contributed by atoms with Gasteiger partial charge in [0, 0.05) is 24.5 Å². The highest BCUT2D eigenvalue weighted by Crippen LogP contribution is 2.26. The highest BCUT2D eigenvalue weighted by Gasteiger charge is 2.19. The number of pyridine rings is 1. The molecule has 0 amide bonds. The summed E-state index contributed by atoms with van der Waals surface area (Å²) in [7, 11) is 0. The van der Waals surface area contributed by atoms with Crippen LogP contribution in [0.4, 0.5) is 5.69 Å². The molecule has 0 atom stereocenters. The van der Waals surface area contributed by atoms with Gasteiger partial charge in [-0.3, -0.25) is 4.98 Å². The average Bonchev–Trinajstić information content (AvgIpc) is 2.65. The van der Waals surface area contributed by atoms with Crippen LogP contribution in [0.3, 0.4) is 0 Å².